The Hall–Kier alpha value is -0.740. The van der Waals surface area contributed by atoms with Crippen molar-refractivity contribution in [2.24, 2.45) is 0 Å². The quantitative estimate of drug-likeness (QED) is 0.844. The zero-order chi connectivity index (χ0) is 12.8. The highest BCUT2D eigenvalue weighted by Crippen LogP contribution is 2.32. The van der Waals surface area contributed by atoms with E-state index in [1.54, 1.807) is 7.11 Å². The summed E-state index contributed by atoms with van der Waals surface area (Å²) < 4.78 is 5.49. The number of halogens is 2. The van der Waals surface area contributed by atoms with Crippen LogP contribution in [0.2, 0.25) is 0 Å². The summed E-state index contributed by atoms with van der Waals surface area (Å²) in [5.74, 6) is 0.975. The van der Waals surface area contributed by atoms with E-state index in [-0.39, 0.29) is 24.8 Å². The highest BCUT2D eigenvalue weighted by atomic mass is 35.5. The number of nitrogens with one attached hydrogen (secondary N) is 1. The molecule has 0 saturated carbocycles. The summed E-state index contributed by atoms with van der Waals surface area (Å²) in [7, 11) is 1.74. The summed E-state index contributed by atoms with van der Waals surface area (Å²) in [5, 5.41) is 3.39. The van der Waals surface area contributed by atoms with Crippen LogP contribution in [-0.2, 0) is 0 Å². The second kappa shape index (κ2) is 10.1. The van der Waals surface area contributed by atoms with Crippen LogP contribution in [0, 0.1) is 0 Å². The van der Waals surface area contributed by atoms with Gasteiger partial charge < -0.3 is 10.1 Å². The van der Waals surface area contributed by atoms with Crippen molar-refractivity contribution in [2.75, 3.05) is 33.3 Å². The molecule has 1 atom stereocenters. The zero-order valence-corrected chi connectivity index (χ0v) is 13.5. The summed E-state index contributed by atoms with van der Waals surface area (Å²) in [6, 6.07) is 8.67. The molecule has 1 saturated heterocycles. The highest BCUT2D eigenvalue weighted by Gasteiger charge is 2.23. The number of hydrogen-bond acceptors (Lipinski definition) is 3. The molecular weight excluding hydrogens is 295 g/mol. The molecule has 20 heavy (non-hydrogen) atoms. The molecule has 0 radical (unpaired) electrons. The molecule has 1 aliphatic heterocycles. The average molecular weight is 319 g/mol. The SMILES string of the molecule is C=CC[C@H](c1ccccc1OC)N1CCNCC1.Cl.Cl. The fourth-order valence-corrected chi connectivity index (χ4v) is 2.57. The van der Waals surface area contributed by atoms with Crippen LogP contribution < -0.4 is 10.1 Å². The molecule has 1 fully saturated rings. The molecule has 114 valence electrons. The van der Waals surface area contributed by atoms with Crippen LogP contribution in [0.4, 0.5) is 0 Å². The van der Waals surface area contributed by atoms with Gasteiger partial charge in [0.1, 0.15) is 5.75 Å². The molecule has 0 amide bonds. The number of nitrogens with zero attached hydrogens (tertiary/aromatic N) is 1. The van der Waals surface area contributed by atoms with E-state index < -0.39 is 0 Å². The summed E-state index contributed by atoms with van der Waals surface area (Å²) >= 11 is 0. The van der Waals surface area contributed by atoms with Gasteiger partial charge in [0.05, 0.1) is 7.11 Å². The first kappa shape index (κ1) is 19.3. The van der Waals surface area contributed by atoms with Crippen molar-refractivity contribution in [3.05, 3.63) is 42.5 Å². The normalized spacial score (nSPS) is 16.4. The first-order chi connectivity index (χ1) is 8.86. The number of benzene rings is 1. The fourth-order valence-electron chi connectivity index (χ4n) is 2.57. The zero-order valence-electron chi connectivity index (χ0n) is 11.9. The van der Waals surface area contributed by atoms with Gasteiger partial charge in [-0.2, -0.15) is 0 Å². The Kier molecular flexibility index (Phi) is 9.68. The van der Waals surface area contributed by atoms with Gasteiger partial charge in [-0.3, -0.25) is 4.90 Å². The molecule has 0 aliphatic carbocycles. The van der Waals surface area contributed by atoms with Crippen LogP contribution in [0.3, 0.4) is 0 Å². The Balaban J connectivity index is 0.00000180. The van der Waals surface area contributed by atoms with Gasteiger partial charge in [0.25, 0.3) is 0 Å². The Bertz CT molecular complexity index is 395. The minimum absolute atomic E-state index is 0. The first-order valence-corrected chi connectivity index (χ1v) is 6.55. The van der Waals surface area contributed by atoms with E-state index in [4.69, 9.17) is 4.74 Å². The predicted molar refractivity (Wildman–Crippen MR) is 89.5 cm³/mol. The van der Waals surface area contributed by atoms with Crippen LogP contribution in [0.15, 0.2) is 36.9 Å². The van der Waals surface area contributed by atoms with Crippen molar-refractivity contribution in [2.45, 2.75) is 12.5 Å². The van der Waals surface area contributed by atoms with Gasteiger partial charge in [0.2, 0.25) is 0 Å². The van der Waals surface area contributed by atoms with Gasteiger partial charge in [-0.05, 0) is 12.5 Å². The third-order valence-corrected chi connectivity index (χ3v) is 3.48. The molecule has 1 aromatic carbocycles. The Morgan fingerprint density at radius 2 is 1.95 bits per heavy atom. The lowest BCUT2D eigenvalue weighted by Gasteiger charge is -2.35. The molecule has 1 N–H and O–H groups in total. The van der Waals surface area contributed by atoms with Crippen LogP contribution in [0.1, 0.15) is 18.0 Å². The molecule has 0 unspecified atom stereocenters. The van der Waals surface area contributed by atoms with Crippen molar-refractivity contribution in [1.29, 1.82) is 0 Å². The van der Waals surface area contributed by atoms with Gasteiger partial charge in [-0.15, -0.1) is 31.4 Å². The number of para-hydroxylation sites is 1. The largest absolute Gasteiger partial charge is 0.496 e. The number of hydrogen-bond donors (Lipinski definition) is 1. The van der Waals surface area contributed by atoms with E-state index in [2.05, 4.69) is 28.9 Å². The van der Waals surface area contributed by atoms with E-state index in [1.807, 2.05) is 18.2 Å². The molecule has 0 bridgehead atoms. The standard InChI is InChI=1S/C15H22N2O.2ClH/c1-3-6-14(17-11-9-16-10-12-17)13-7-4-5-8-15(13)18-2;;/h3-5,7-8,14,16H,1,6,9-12H2,2H3;2*1H/t14-;;/m1../s1. The number of piperazine rings is 1. The van der Waals surface area contributed by atoms with Crippen LogP contribution in [0.5, 0.6) is 5.75 Å². The second-order valence-corrected chi connectivity index (χ2v) is 4.57. The molecular formula is C15H24Cl2N2O. The first-order valence-electron chi connectivity index (χ1n) is 6.55. The van der Waals surface area contributed by atoms with Crippen molar-refractivity contribution in [3.8, 4) is 5.75 Å². The number of rotatable bonds is 5. The summed E-state index contributed by atoms with van der Waals surface area (Å²) in [4.78, 5) is 2.51. The Morgan fingerprint density at radius 3 is 2.55 bits per heavy atom. The van der Waals surface area contributed by atoms with E-state index in [0.29, 0.717) is 6.04 Å². The van der Waals surface area contributed by atoms with Crippen molar-refractivity contribution < 1.29 is 4.74 Å². The summed E-state index contributed by atoms with van der Waals surface area (Å²) in [6.07, 6.45) is 2.96. The number of ether oxygens (including phenoxy) is 1. The van der Waals surface area contributed by atoms with Gasteiger partial charge in [-0.25, -0.2) is 0 Å². The predicted octanol–water partition coefficient (Wildman–Crippen LogP) is 3.06. The lowest BCUT2D eigenvalue weighted by molar-refractivity contribution is 0.171. The fraction of sp³-hybridized carbons (Fsp3) is 0.467. The Labute approximate surface area is 134 Å². The third-order valence-electron chi connectivity index (χ3n) is 3.48. The maximum atomic E-state index is 5.49. The highest BCUT2D eigenvalue weighted by molar-refractivity contribution is 5.85. The van der Waals surface area contributed by atoms with Crippen molar-refractivity contribution in [3.63, 3.8) is 0 Å². The molecule has 1 aromatic rings. The monoisotopic (exact) mass is 318 g/mol. The maximum Gasteiger partial charge on any atom is 0.123 e. The van der Waals surface area contributed by atoms with E-state index in [0.717, 1.165) is 38.3 Å². The van der Waals surface area contributed by atoms with Crippen molar-refractivity contribution in [1.82, 2.24) is 10.2 Å². The maximum absolute atomic E-state index is 5.49. The average Bonchev–Trinajstić information content (AvgIpc) is 2.46. The lowest BCUT2D eigenvalue weighted by atomic mass is 10.00. The van der Waals surface area contributed by atoms with Gasteiger partial charge >= 0.3 is 0 Å². The minimum atomic E-state index is 0. The van der Waals surface area contributed by atoms with Gasteiger partial charge in [-0.1, -0.05) is 24.3 Å². The van der Waals surface area contributed by atoms with Gasteiger partial charge in [0.15, 0.2) is 0 Å². The molecule has 3 nitrogen and oxygen atoms in total. The molecule has 1 heterocycles. The second-order valence-electron chi connectivity index (χ2n) is 4.57. The smallest absolute Gasteiger partial charge is 0.123 e. The lowest BCUT2D eigenvalue weighted by Crippen LogP contribution is -2.45. The molecule has 2 rings (SSSR count). The Morgan fingerprint density at radius 1 is 1.30 bits per heavy atom. The van der Waals surface area contributed by atoms with Crippen LogP contribution >= 0.6 is 24.8 Å². The number of methoxy groups -OCH3 is 1. The van der Waals surface area contributed by atoms with Crippen LogP contribution in [-0.4, -0.2) is 38.2 Å². The minimum Gasteiger partial charge on any atom is -0.496 e. The van der Waals surface area contributed by atoms with Crippen LogP contribution in [0.25, 0.3) is 0 Å². The molecule has 0 aromatic heterocycles. The van der Waals surface area contributed by atoms with E-state index in [9.17, 15) is 0 Å². The summed E-state index contributed by atoms with van der Waals surface area (Å²) in [6.45, 7) is 8.17. The topological polar surface area (TPSA) is 24.5 Å². The molecule has 0 spiro atoms. The molecule has 5 heteroatoms. The summed E-state index contributed by atoms with van der Waals surface area (Å²) in [5.41, 5.74) is 1.27. The van der Waals surface area contributed by atoms with E-state index >= 15 is 0 Å². The third kappa shape index (κ3) is 4.67. The van der Waals surface area contributed by atoms with Crippen molar-refractivity contribution >= 4 is 24.8 Å². The van der Waals surface area contributed by atoms with E-state index in [1.165, 1.54) is 5.56 Å². The van der Waals surface area contributed by atoms with Gasteiger partial charge in [0, 0.05) is 37.8 Å². The molecule has 1 aliphatic rings.